The van der Waals surface area contributed by atoms with Crippen LogP contribution in [-0.2, 0) is 0 Å². The SMILES string of the molecule is Cc1nc(-c2ccc(NCC3CCCNC3)cc2)cs1. The van der Waals surface area contributed by atoms with Crippen LogP contribution in [0.2, 0.25) is 0 Å². The highest BCUT2D eigenvalue weighted by molar-refractivity contribution is 7.09. The molecule has 0 aliphatic carbocycles. The van der Waals surface area contributed by atoms with Crippen LogP contribution >= 0.6 is 11.3 Å². The summed E-state index contributed by atoms with van der Waals surface area (Å²) in [5, 5.41) is 10.2. The Morgan fingerprint density at radius 1 is 1.35 bits per heavy atom. The molecule has 1 aromatic heterocycles. The van der Waals surface area contributed by atoms with Gasteiger partial charge in [-0.2, -0.15) is 0 Å². The van der Waals surface area contributed by atoms with Crippen molar-refractivity contribution in [2.45, 2.75) is 19.8 Å². The maximum Gasteiger partial charge on any atom is 0.0901 e. The number of anilines is 1. The first-order chi connectivity index (χ1) is 9.81. The zero-order chi connectivity index (χ0) is 13.8. The molecule has 3 rings (SSSR count). The highest BCUT2D eigenvalue weighted by Gasteiger charge is 2.12. The minimum absolute atomic E-state index is 0.754. The molecule has 1 atom stereocenters. The Morgan fingerprint density at radius 3 is 2.85 bits per heavy atom. The van der Waals surface area contributed by atoms with Gasteiger partial charge in [-0.3, -0.25) is 0 Å². The number of hydrogen-bond donors (Lipinski definition) is 2. The maximum absolute atomic E-state index is 4.52. The largest absolute Gasteiger partial charge is 0.385 e. The molecule has 0 spiro atoms. The monoisotopic (exact) mass is 287 g/mol. The van der Waals surface area contributed by atoms with Crippen LogP contribution in [0.3, 0.4) is 0 Å². The van der Waals surface area contributed by atoms with Crippen LogP contribution < -0.4 is 10.6 Å². The van der Waals surface area contributed by atoms with E-state index in [2.05, 4.69) is 45.3 Å². The second-order valence-corrected chi connectivity index (χ2v) is 6.48. The number of thiazole rings is 1. The van der Waals surface area contributed by atoms with Crippen molar-refractivity contribution in [1.29, 1.82) is 0 Å². The van der Waals surface area contributed by atoms with Crippen LogP contribution in [0.5, 0.6) is 0 Å². The van der Waals surface area contributed by atoms with E-state index in [1.807, 2.05) is 6.92 Å². The van der Waals surface area contributed by atoms with Gasteiger partial charge < -0.3 is 10.6 Å². The van der Waals surface area contributed by atoms with E-state index in [9.17, 15) is 0 Å². The summed E-state index contributed by atoms with van der Waals surface area (Å²) in [6, 6.07) is 8.60. The van der Waals surface area contributed by atoms with Crippen LogP contribution in [0.25, 0.3) is 11.3 Å². The molecule has 106 valence electrons. The quantitative estimate of drug-likeness (QED) is 0.903. The molecule has 1 saturated heterocycles. The highest BCUT2D eigenvalue weighted by atomic mass is 32.1. The Bertz CT molecular complexity index is 541. The van der Waals surface area contributed by atoms with Gasteiger partial charge in [0.1, 0.15) is 0 Å². The molecule has 2 N–H and O–H groups in total. The molecule has 0 amide bonds. The van der Waals surface area contributed by atoms with Gasteiger partial charge in [-0.15, -0.1) is 11.3 Å². The first kappa shape index (κ1) is 13.6. The fourth-order valence-corrected chi connectivity index (χ4v) is 3.24. The molecule has 1 aliphatic heterocycles. The lowest BCUT2D eigenvalue weighted by molar-refractivity contribution is 0.393. The summed E-state index contributed by atoms with van der Waals surface area (Å²) in [4.78, 5) is 4.52. The summed E-state index contributed by atoms with van der Waals surface area (Å²) in [5.41, 5.74) is 3.47. The number of aromatic nitrogens is 1. The predicted molar refractivity (Wildman–Crippen MR) is 86.4 cm³/mol. The molecule has 1 aromatic carbocycles. The first-order valence-electron chi connectivity index (χ1n) is 7.28. The lowest BCUT2D eigenvalue weighted by Gasteiger charge is -2.23. The molecule has 2 aromatic rings. The van der Waals surface area contributed by atoms with E-state index in [0.717, 1.165) is 29.7 Å². The maximum atomic E-state index is 4.52. The van der Waals surface area contributed by atoms with E-state index in [-0.39, 0.29) is 0 Å². The Kier molecular flexibility index (Phi) is 4.33. The van der Waals surface area contributed by atoms with Gasteiger partial charge in [0.2, 0.25) is 0 Å². The van der Waals surface area contributed by atoms with Crippen molar-refractivity contribution in [3.8, 4) is 11.3 Å². The summed E-state index contributed by atoms with van der Waals surface area (Å²) in [5.74, 6) is 0.754. The van der Waals surface area contributed by atoms with Crippen LogP contribution in [0.15, 0.2) is 29.6 Å². The second-order valence-electron chi connectivity index (χ2n) is 5.42. The van der Waals surface area contributed by atoms with Gasteiger partial charge >= 0.3 is 0 Å². The van der Waals surface area contributed by atoms with Gasteiger partial charge in [0, 0.05) is 23.2 Å². The predicted octanol–water partition coefficient (Wildman–Crippen LogP) is 3.53. The number of aryl methyl sites for hydroxylation is 1. The average molecular weight is 287 g/mol. The zero-order valence-corrected chi connectivity index (χ0v) is 12.7. The summed E-state index contributed by atoms with van der Waals surface area (Å²) in [6.45, 7) is 5.42. The molecule has 4 heteroatoms. The molecule has 1 aliphatic rings. The average Bonchev–Trinajstić information content (AvgIpc) is 2.93. The van der Waals surface area contributed by atoms with Gasteiger partial charge in [-0.25, -0.2) is 4.98 Å². The minimum Gasteiger partial charge on any atom is -0.385 e. The summed E-state index contributed by atoms with van der Waals surface area (Å²) >= 11 is 1.70. The third-order valence-electron chi connectivity index (χ3n) is 3.79. The van der Waals surface area contributed by atoms with E-state index in [1.54, 1.807) is 11.3 Å². The number of benzene rings is 1. The first-order valence-corrected chi connectivity index (χ1v) is 8.16. The molecule has 0 bridgehead atoms. The van der Waals surface area contributed by atoms with Crippen molar-refractivity contribution in [1.82, 2.24) is 10.3 Å². The topological polar surface area (TPSA) is 37.0 Å². The molecule has 0 saturated carbocycles. The molecule has 2 heterocycles. The number of nitrogens with one attached hydrogen (secondary N) is 2. The highest BCUT2D eigenvalue weighted by Crippen LogP contribution is 2.23. The van der Waals surface area contributed by atoms with E-state index in [0.29, 0.717) is 0 Å². The van der Waals surface area contributed by atoms with Crippen molar-refractivity contribution in [3.63, 3.8) is 0 Å². The van der Waals surface area contributed by atoms with E-state index < -0.39 is 0 Å². The third kappa shape index (κ3) is 3.38. The molecule has 1 unspecified atom stereocenters. The van der Waals surface area contributed by atoms with Crippen molar-refractivity contribution in [3.05, 3.63) is 34.7 Å². The molecule has 0 radical (unpaired) electrons. The standard InChI is InChI=1S/C16H21N3S/c1-12-19-16(11-20-12)14-4-6-15(7-5-14)18-10-13-3-2-8-17-9-13/h4-7,11,13,17-18H,2-3,8-10H2,1H3. The Hall–Kier alpha value is -1.39. The summed E-state index contributed by atoms with van der Waals surface area (Å²) in [7, 11) is 0. The van der Waals surface area contributed by atoms with Crippen LogP contribution in [0.4, 0.5) is 5.69 Å². The molecule has 20 heavy (non-hydrogen) atoms. The number of hydrogen-bond acceptors (Lipinski definition) is 4. The smallest absolute Gasteiger partial charge is 0.0901 e. The summed E-state index contributed by atoms with van der Waals surface area (Å²) in [6.07, 6.45) is 2.63. The molecular weight excluding hydrogens is 266 g/mol. The second kappa shape index (κ2) is 6.37. The Labute approximate surface area is 124 Å². The van der Waals surface area contributed by atoms with Gasteiger partial charge in [0.05, 0.1) is 10.7 Å². The lowest BCUT2D eigenvalue weighted by Crippen LogP contribution is -2.33. The third-order valence-corrected chi connectivity index (χ3v) is 4.57. The van der Waals surface area contributed by atoms with Crippen molar-refractivity contribution in [2.75, 3.05) is 25.0 Å². The van der Waals surface area contributed by atoms with Crippen molar-refractivity contribution < 1.29 is 0 Å². The van der Waals surface area contributed by atoms with Crippen molar-refractivity contribution >= 4 is 17.0 Å². The van der Waals surface area contributed by atoms with Crippen LogP contribution in [0.1, 0.15) is 17.8 Å². The minimum atomic E-state index is 0.754. The Balaban J connectivity index is 1.58. The van der Waals surface area contributed by atoms with Gasteiger partial charge in [0.25, 0.3) is 0 Å². The number of piperidine rings is 1. The fourth-order valence-electron chi connectivity index (χ4n) is 2.62. The van der Waals surface area contributed by atoms with Gasteiger partial charge in [-0.05, 0) is 50.9 Å². The molecule has 1 fully saturated rings. The van der Waals surface area contributed by atoms with Crippen LogP contribution in [-0.4, -0.2) is 24.6 Å². The van der Waals surface area contributed by atoms with E-state index in [4.69, 9.17) is 0 Å². The summed E-state index contributed by atoms with van der Waals surface area (Å²) < 4.78 is 0. The Morgan fingerprint density at radius 2 is 2.20 bits per heavy atom. The lowest BCUT2D eigenvalue weighted by atomic mass is 9.99. The normalized spacial score (nSPS) is 18.9. The van der Waals surface area contributed by atoms with Gasteiger partial charge in [-0.1, -0.05) is 12.1 Å². The van der Waals surface area contributed by atoms with Crippen molar-refractivity contribution in [2.24, 2.45) is 5.92 Å². The van der Waals surface area contributed by atoms with E-state index >= 15 is 0 Å². The fraction of sp³-hybridized carbons (Fsp3) is 0.438. The number of rotatable bonds is 4. The molecular formula is C16H21N3S. The zero-order valence-electron chi connectivity index (χ0n) is 11.9. The van der Waals surface area contributed by atoms with E-state index in [1.165, 1.54) is 30.6 Å². The van der Waals surface area contributed by atoms with Gasteiger partial charge in [0.15, 0.2) is 0 Å². The molecule has 3 nitrogen and oxygen atoms in total. The number of nitrogens with zero attached hydrogens (tertiary/aromatic N) is 1. The van der Waals surface area contributed by atoms with Crippen LogP contribution in [0, 0.1) is 12.8 Å².